The molecular formula is C12H14ClNO3. The van der Waals surface area contributed by atoms with Crippen molar-refractivity contribution < 1.29 is 14.3 Å². The minimum absolute atomic E-state index is 0.0800. The van der Waals surface area contributed by atoms with E-state index in [1.165, 1.54) is 0 Å². The second-order valence-corrected chi connectivity index (χ2v) is 4.53. The molecule has 92 valence electrons. The third kappa shape index (κ3) is 2.64. The molecule has 1 aromatic rings. The summed E-state index contributed by atoms with van der Waals surface area (Å²) in [5.74, 6) is 1.05. The van der Waals surface area contributed by atoms with Crippen molar-refractivity contribution in [3.8, 4) is 11.5 Å². The summed E-state index contributed by atoms with van der Waals surface area (Å²) in [6.07, 6.45) is 0. The lowest BCUT2D eigenvalue weighted by atomic mass is 10.2. The SMILES string of the molecule is CC(C)C(=O)Nc1cc2c(cc1Cl)OCCO2. The summed E-state index contributed by atoms with van der Waals surface area (Å²) in [5, 5.41) is 3.20. The number of benzene rings is 1. The normalized spacial score (nSPS) is 13.6. The fraction of sp³-hybridized carbons (Fsp3) is 0.417. The minimum atomic E-state index is -0.0979. The van der Waals surface area contributed by atoms with Gasteiger partial charge in [-0.2, -0.15) is 0 Å². The van der Waals surface area contributed by atoms with Crippen molar-refractivity contribution in [2.75, 3.05) is 18.5 Å². The molecule has 0 saturated heterocycles. The number of rotatable bonds is 2. The van der Waals surface area contributed by atoms with Gasteiger partial charge in [0.05, 0.1) is 10.7 Å². The Morgan fingerprint density at radius 3 is 2.47 bits per heavy atom. The van der Waals surface area contributed by atoms with E-state index in [2.05, 4.69) is 5.32 Å². The van der Waals surface area contributed by atoms with Crippen LogP contribution >= 0.6 is 11.6 Å². The van der Waals surface area contributed by atoms with Crippen molar-refractivity contribution in [2.24, 2.45) is 5.92 Å². The molecule has 0 aromatic heterocycles. The van der Waals surface area contributed by atoms with Crippen molar-refractivity contribution in [3.05, 3.63) is 17.2 Å². The van der Waals surface area contributed by atoms with Crippen LogP contribution in [0.5, 0.6) is 11.5 Å². The number of nitrogens with one attached hydrogen (secondary N) is 1. The molecule has 1 aromatic carbocycles. The van der Waals surface area contributed by atoms with Gasteiger partial charge in [0, 0.05) is 18.1 Å². The van der Waals surface area contributed by atoms with Gasteiger partial charge < -0.3 is 14.8 Å². The fourth-order valence-corrected chi connectivity index (χ4v) is 1.64. The Morgan fingerprint density at radius 1 is 1.29 bits per heavy atom. The quantitative estimate of drug-likeness (QED) is 0.884. The van der Waals surface area contributed by atoms with Crippen LogP contribution in [-0.2, 0) is 4.79 Å². The van der Waals surface area contributed by atoms with Crippen LogP contribution < -0.4 is 14.8 Å². The average Bonchev–Trinajstić information content (AvgIpc) is 2.29. The van der Waals surface area contributed by atoms with E-state index in [-0.39, 0.29) is 11.8 Å². The number of halogens is 1. The highest BCUT2D eigenvalue weighted by Gasteiger charge is 2.17. The van der Waals surface area contributed by atoms with E-state index in [1.54, 1.807) is 12.1 Å². The summed E-state index contributed by atoms with van der Waals surface area (Å²) >= 11 is 6.06. The van der Waals surface area contributed by atoms with Crippen LogP contribution in [-0.4, -0.2) is 19.1 Å². The van der Waals surface area contributed by atoms with Gasteiger partial charge in [0.1, 0.15) is 13.2 Å². The van der Waals surface area contributed by atoms with Gasteiger partial charge in [-0.1, -0.05) is 25.4 Å². The van der Waals surface area contributed by atoms with Crippen molar-refractivity contribution in [1.82, 2.24) is 0 Å². The van der Waals surface area contributed by atoms with Gasteiger partial charge in [-0.3, -0.25) is 4.79 Å². The van der Waals surface area contributed by atoms with Crippen LogP contribution in [0.25, 0.3) is 0 Å². The first-order valence-corrected chi connectivity index (χ1v) is 5.85. The number of carbonyl (C=O) groups excluding carboxylic acids is 1. The number of hydrogen-bond donors (Lipinski definition) is 1. The summed E-state index contributed by atoms with van der Waals surface area (Å²) in [4.78, 5) is 11.6. The molecule has 0 atom stereocenters. The van der Waals surface area contributed by atoms with Crippen LogP contribution in [0.15, 0.2) is 12.1 Å². The fourth-order valence-electron chi connectivity index (χ4n) is 1.44. The Labute approximate surface area is 105 Å². The molecular weight excluding hydrogens is 242 g/mol. The Balaban J connectivity index is 2.26. The number of anilines is 1. The Hall–Kier alpha value is -1.42. The van der Waals surface area contributed by atoms with E-state index >= 15 is 0 Å². The van der Waals surface area contributed by atoms with Crippen molar-refractivity contribution >= 4 is 23.2 Å². The molecule has 0 fully saturated rings. The Morgan fingerprint density at radius 2 is 1.88 bits per heavy atom. The van der Waals surface area contributed by atoms with E-state index in [4.69, 9.17) is 21.1 Å². The molecule has 2 rings (SSSR count). The molecule has 1 amide bonds. The average molecular weight is 256 g/mol. The largest absolute Gasteiger partial charge is 0.486 e. The first-order valence-electron chi connectivity index (χ1n) is 5.48. The highest BCUT2D eigenvalue weighted by Crippen LogP contribution is 2.38. The van der Waals surface area contributed by atoms with Crippen molar-refractivity contribution in [2.45, 2.75) is 13.8 Å². The van der Waals surface area contributed by atoms with Gasteiger partial charge in [0.25, 0.3) is 0 Å². The predicted octanol–water partition coefficient (Wildman–Crippen LogP) is 2.71. The van der Waals surface area contributed by atoms with E-state index in [1.807, 2.05) is 13.8 Å². The summed E-state index contributed by atoms with van der Waals surface area (Å²) in [5.41, 5.74) is 0.551. The number of amides is 1. The van der Waals surface area contributed by atoms with Crippen LogP contribution in [0.1, 0.15) is 13.8 Å². The highest BCUT2D eigenvalue weighted by atomic mass is 35.5. The molecule has 1 aliphatic heterocycles. The van der Waals surface area contributed by atoms with Crippen LogP contribution in [0.4, 0.5) is 5.69 Å². The second-order valence-electron chi connectivity index (χ2n) is 4.12. The first kappa shape index (κ1) is 12.0. The maximum absolute atomic E-state index is 11.6. The van der Waals surface area contributed by atoms with Gasteiger partial charge in [-0.25, -0.2) is 0 Å². The molecule has 0 spiro atoms. The molecule has 0 bridgehead atoms. The van der Waals surface area contributed by atoms with Gasteiger partial charge in [-0.15, -0.1) is 0 Å². The molecule has 0 aliphatic carbocycles. The first-order chi connectivity index (χ1) is 8.08. The van der Waals surface area contributed by atoms with Gasteiger partial charge in [0.15, 0.2) is 11.5 Å². The van der Waals surface area contributed by atoms with E-state index < -0.39 is 0 Å². The lowest BCUT2D eigenvalue weighted by Gasteiger charge is -2.20. The maximum atomic E-state index is 11.6. The molecule has 0 radical (unpaired) electrons. The Kier molecular flexibility index (Phi) is 3.43. The zero-order chi connectivity index (χ0) is 12.4. The molecule has 4 nitrogen and oxygen atoms in total. The van der Waals surface area contributed by atoms with Gasteiger partial charge in [-0.05, 0) is 0 Å². The van der Waals surface area contributed by atoms with E-state index in [9.17, 15) is 4.79 Å². The van der Waals surface area contributed by atoms with Crippen LogP contribution in [0.3, 0.4) is 0 Å². The molecule has 1 N–H and O–H groups in total. The molecule has 1 aliphatic rings. The minimum Gasteiger partial charge on any atom is -0.486 e. The topological polar surface area (TPSA) is 47.6 Å². The third-order valence-corrected chi connectivity index (χ3v) is 2.73. The van der Waals surface area contributed by atoms with E-state index in [0.29, 0.717) is 35.4 Å². The third-order valence-electron chi connectivity index (χ3n) is 2.41. The highest BCUT2D eigenvalue weighted by molar-refractivity contribution is 6.34. The zero-order valence-electron chi connectivity index (χ0n) is 9.75. The lowest BCUT2D eigenvalue weighted by Crippen LogP contribution is -2.19. The lowest BCUT2D eigenvalue weighted by molar-refractivity contribution is -0.118. The number of hydrogen-bond acceptors (Lipinski definition) is 3. The predicted molar refractivity (Wildman–Crippen MR) is 65.9 cm³/mol. The Bertz CT molecular complexity index is 446. The maximum Gasteiger partial charge on any atom is 0.226 e. The smallest absolute Gasteiger partial charge is 0.226 e. The number of fused-ring (bicyclic) bond motifs is 1. The molecule has 0 unspecified atom stereocenters. The zero-order valence-corrected chi connectivity index (χ0v) is 10.5. The van der Waals surface area contributed by atoms with Crippen LogP contribution in [0, 0.1) is 5.92 Å². The second kappa shape index (κ2) is 4.84. The monoisotopic (exact) mass is 255 g/mol. The standard InChI is InChI=1S/C12H14ClNO3/c1-7(2)12(15)14-9-6-11-10(5-8(9)13)16-3-4-17-11/h5-7H,3-4H2,1-2H3,(H,14,15). The number of carbonyl (C=O) groups is 1. The molecule has 17 heavy (non-hydrogen) atoms. The van der Waals surface area contributed by atoms with Crippen LogP contribution in [0.2, 0.25) is 5.02 Å². The summed E-state index contributed by atoms with van der Waals surface area (Å²) in [6, 6.07) is 3.35. The molecule has 1 heterocycles. The van der Waals surface area contributed by atoms with E-state index in [0.717, 1.165) is 0 Å². The molecule has 0 saturated carbocycles. The molecule has 5 heteroatoms. The van der Waals surface area contributed by atoms with Crippen molar-refractivity contribution in [1.29, 1.82) is 0 Å². The van der Waals surface area contributed by atoms with Gasteiger partial charge >= 0.3 is 0 Å². The van der Waals surface area contributed by atoms with Gasteiger partial charge in [0.2, 0.25) is 5.91 Å². The number of ether oxygens (including phenoxy) is 2. The summed E-state index contributed by atoms with van der Waals surface area (Å²) in [7, 11) is 0. The summed E-state index contributed by atoms with van der Waals surface area (Å²) < 4.78 is 10.8. The summed E-state index contributed by atoms with van der Waals surface area (Å²) in [6.45, 7) is 4.66. The van der Waals surface area contributed by atoms with Crippen molar-refractivity contribution in [3.63, 3.8) is 0 Å².